The van der Waals surface area contributed by atoms with Crippen molar-refractivity contribution < 1.29 is 4.42 Å². The van der Waals surface area contributed by atoms with Gasteiger partial charge in [0.05, 0.1) is 0 Å². The van der Waals surface area contributed by atoms with Crippen LogP contribution in [-0.4, -0.2) is 4.98 Å². The van der Waals surface area contributed by atoms with Crippen LogP contribution in [0.25, 0.3) is 22.6 Å². The van der Waals surface area contributed by atoms with Crippen LogP contribution in [0.3, 0.4) is 0 Å². The molecule has 0 aliphatic heterocycles. The van der Waals surface area contributed by atoms with Crippen LogP contribution in [0.15, 0.2) is 40.8 Å². The van der Waals surface area contributed by atoms with E-state index in [1.807, 2.05) is 31.2 Å². The maximum absolute atomic E-state index is 5.95. The highest BCUT2D eigenvalue weighted by molar-refractivity contribution is 5.78. The molecule has 0 aliphatic carbocycles. The van der Waals surface area contributed by atoms with Gasteiger partial charge in [0.1, 0.15) is 5.52 Å². The SMILES string of the molecule is Cc1c(N)cccc1-c1nc2cc(C(C)C)ccc2o1. The quantitative estimate of drug-likeness (QED) is 0.694. The number of aromatic nitrogens is 1. The fraction of sp³-hybridized carbons (Fsp3) is 0.235. The first-order chi connectivity index (χ1) is 9.56. The minimum absolute atomic E-state index is 0.480. The second-order valence-corrected chi connectivity index (χ2v) is 5.42. The Morgan fingerprint density at radius 2 is 1.95 bits per heavy atom. The van der Waals surface area contributed by atoms with E-state index in [2.05, 4.69) is 31.0 Å². The van der Waals surface area contributed by atoms with Gasteiger partial charge in [0.2, 0.25) is 5.89 Å². The van der Waals surface area contributed by atoms with Crippen LogP contribution in [0.5, 0.6) is 0 Å². The molecule has 0 spiro atoms. The normalized spacial score (nSPS) is 11.4. The van der Waals surface area contributed by atoms with Crippen LogP contribution >= 0.6 is 0 Å². The van der Waals surface area contributed by atoms with Crippen molar-refractivity contribution in [1.29, 1.82) is 0 Å². The van der Waals surface area contributed by atoms with Gasteiger partial charge >= 0.3 is 0 Å². The van der Waals surface area contributed by atoms with Crippen molar-refractivity contribution in [1.82, 2.24) is 4.98 Å². The van der Waals surface area contributed by atoms with Crippen LogP contribution < -0.4 is 5.73 Å². The molecule has 0 radical (unpaired) electrons. The molecule has 0 saturated carbocycles. The molecule has 0 unspecified atom stereocenters. The monoisotopic (exact) mass is 266 g/mol. The fourth-order valence-electron chi connectivity index (χ4n) is 2.30. The van der Waals surface area contributed by atoms with E-state index in [0.717, 1.165) is 27.9 Å². The predicted octanol–water partition coefficient (Wildman–Crippen LogP) is 4.51. The zero-order chi connectivity index (χ0) is 14.3. The average Bonchev–Trinajstić information content (AvgIpc) is 2.84. The number of nitrogens with two attached hydrogens (primary N) is 1. The highest BCUT2D eigenvalue weighted by Gasteiger charge is 2.12. The van der Waals surface area contributed by atoms with Gasteiger partial charge in [0, 0.05) is 11.3 Å². The molecule has 2 aromatic carbocycles. The number of nitrogens with zero attached hydrogens (tertiary/aromatic N) is 1. The second kappa shape index (κ2) is 4.67. The lowest BCUT2D eigenvalue weighted by Gasteiger charge is -2.03. The Balaban J connectivity index is 2.15. The number of benzene rings is 2. The molecule has 102 valence electrons. The summed E-state index contributed by atoms with van der Waals surface area (Å²) in [5.74, 6) is 1.11. The van der Waals surface area contributed by atoms with Crippen molar-refractivity contribution in [3.63, 3.8) is 0 Å². The summed E-state index contributed by atoms with van der Waals surface area (Å²) in [5.41, 5.74) is 11.6. The largest absolute Gasteiger partial charge is 0.436 e. The smallest absolute Gasteiger partial charge is 0.227 e. The standard InChI is InChI=1S/C17H18N2O/c1-10(2)12-7-8-16-15(9-12)19-17(20-16)13-5-4-6-14(18)11(13)3/h4-10H,18H2,1-3H3. The van der Waals surface area contributed by atoms with Gasteiger partial charge in [-0.1, -0.05) is 26.0 Å². The third-order valence-corrected chi connectivity index (χ3v) is 3.68. The fourth-order valence-corrected chi connectivity index (χ4v) is 2.30. The molecule has 0 atom stereocenters. The lowest BCUT2D eigenvalue weighted by atomic mass is 10.0. The average molecular weight is 266 g/mol. The first-order valence-electron chi connectivity index (χ1n) is 6.82. The molecule has 2 N–H and O–H groups in total. The maximum Gasteiger partial charge on any atom is 0.227 e. The number of fused-ring (bicyclic) bond motifs is 1. The molecular formula is C17H18N2O. The molecule has 0 saturated heterocycles. The molecule has 0 aliphatic rings. The highest BCUT2D eigenvalue weighted by Crippen LogP contribution is 2.30. The van der Waals surface area contributed by atoms with Gasteiger partial charge in [-0.15, -0.1) is 0 Å². The van der Waals surface area contributed by atoms with E-state index < -0.39 is 0 Å². The number of nitrogen functional groups attached to an aromatic ring is 1. The molecule has 3 rings (SSSR count). The first-order valence-corrected chi connectivity index (χ1v) is 6.82. The van der Waals surface area contributed by atoms with Gasteiger partial charge in [-0.3, -0.25) is 0 Å². The Hall–Kier alpha value is -2.29. The summed E-state index contributed by atoms with van der Waals surface area (Å²) in [5, 5.41) is 0. The number of anilines is 1. The molecule has 20 heavy (non-hydrogen) atoms. The molecule has 3 heteroatoms. The number of rotatable bonds is 2. The summed E-state index contributed by atoms with van der Waals surface area (Å²) in [6.45, 7) is 6.33. The minimum Gasteiger partial charge on any atom is -0.436 e. The second-order valence-electron chi connectivity index (χ2n) is 5.42. The Morgan fingerprint density at radius 3 is 2.70 bits per heavy atom. The van der Waals surface area contributed by atoms with Crippen LogP contribution in [0.1, 0.15) is 30.9 Å². The third kappa shape index (κ3) is 2.05. The van der Waals surface area contributed by atoms with E-state index >= 15 is 0 Å². The van der Waals surface area contributed by atoms with E-state index in [1.54, 1.807) is 0 Å². The first kappa shape index (κ1) is 12.7. The lowest BCUT2D eigenvalue weighted by molar-refractivity contribution is 0.619. The van der Waals surface area contributed by atoms with E-state index in [1.165, 1.54) is 5.56 Å². The molecule has 0 fully saturated rings. The van der Waals surface area contributed by atoms with Gasteiger partial charge in [-0.2, -0.15) is 0 Å². The van der Waals surface area contributed by atoms with Gasteiger partial charge in [0.15, 0.2) is 5.58 Å². The summed E-state index contributed by atoms with van der Waals surface area (Å²) in [6.07, 6.45) is 0. The summed E-state index contributed by atoms with van der Waals surface area (Å²) >= 11 is 0. The lowest BCUT2D eigenvalue weighted by Crippen LogP contribution is -1.91. The Morgan fingerprint density at radius 1 is 1.15 bits per heavy atom. The van der Waals surface area contributed by atoms with Gasteiger partial charge in [0.25, 0.3) is 0 Å². The Kier molecular flexibility index (Phi) is 2.97. The molecule has 0 amide bonds. The van der Waals surface area contributed by atoms with Gasteiger partial charge < -0.3 is 10.2 Å². The maximum atomic E-state index is 5.95. The van der Waals surface area contributed by atoms with Crippen LogP contribution in [0, 0.1) is 6.92 Å². The van der Waals surface area contributed by atoms with E-state index in [-0.39, 0.29) is 0 Å². The Bertz CT molecular complexity index is 772. The predicted molar refractivity (Wildman–Crippen MR) is 82.7 cm³/mol. The molecular weight excluding hydrogens is 248 g/mol. The van der Waals surface area contributed by atoms with Crippen molar-refractivity contribution in [2.24, 2.45) is 0 Å². The molecule has 0 bridgehead atoms. The van der Waals surface area contributed by atoms with E-state index in [4.69, 9.17) is 10.2 Å². The van der Waals surface area contributed by atoms with Crippen LogP contribution in [0.2, 0.25) is 0 Å². The van der Waals surface area contributed by atoms with Crippen molar-refractivity contribution >= 4 is 16.8 Å². The van der Waals surface area contributed by atoms with Crippen LogP contribution in [-0.2, 0) is 0 Å². The number of hydrogen-bond donors (Lipinski definition) is 1. The zero-order valence-corrected chi connectivity index (χ0v) is 12.0. The van der Waals surface area contributed by atoms with Gasteiger partial charge in [-0.25, -0.2) is 4.98 Å². The molecule has 3 aromatic rings. The van der Waals surface area contributed by atoms with Crippen LogP contribution in [0.4, 0.5) is 5.69 Å². The summed E-state index contributed by atoms with van der Waals surface area (Å²) in [7, 11) is 0. The molecule has 1 aromatic heterocycles. The van der Waals surface area contributed by atoms with Crippen molar-refractivity contribution in [2.45, 2.75) is 26.7 Å². The zero-order valence-electron chi connectivity index (χ0n) is 12.0. The molecule has 1 heterocycles. The Labute approximate surface area is 118 Å². The van der Waals surface area contributed by atoms with Gasteiger partial charge in [-0.05, 0) is 48.2 Å². The summed E-state index contributed by atoms with van der Waals surface area (Å²) < 4.78 is 5.86. The molecule has 3 nitrogen and oxygen atoms in total. The van der Waals surface area contributed by atoms with E-state index in [9.17, 15) is 0 Å². The third-order valence-electron chi connectivity index (χ3n) is 3.68. The van der Waals surface area contributed by atoms with Crippen molar-refractivity contribution in [2.75, 3.05) is 5.73 Å². The van der Waals surface area contributed by atoms with Crippen molar-refractivity contribution in [3.05, 3.63) is 47.5 Å². The van der Waals surface area contributed by atoms with Crippen molar-refractivity contribution in [3.8, 4) is 11.5 Å². The minimum atomic E-state index is 0.480. The summed E-state index contributed by atoms with van der Waals surface area (Å²) in [6, 6.07) is 12.0. The van der Waals surface area contributed by atoms with E-state index in [0.29, 0.717) is 11.8 Å². The number of hydrogen-bond acceptors (Lipinski definition) is 3. The number of oxazole rings is 1. The topological polar surface area (TPSA) is 52.0 Å². The summed E-state index contributed by atoms with van der Waals surface area (Å²) in [4.78, 5) is 4.61. The highest BCUT2D eigenvalue weighted by atomic mass is 16.3.